The van der Waals surface area contributed by atoms with Crippen molar-refractivity contribution in [3.05, 3.63) is 28.2 Å². The molecule has 1 atom stereocenters. The zero-order valence-electron chi connectivity index (χ0n) is 11.2. The summed E-state index contributed by atoms with van der Waals surface area (Å²) in [5, 5.41) is 3.01. The lowest BCUT2D eigenvalue weighted by Gasteiger charge is -2.29. The Morgan fingerprint density at radius 2 is 2.37 bits per heavy atom. The van der Waals surface area contributed by atoms with E-state index in [1.165, 1.54) is 12.8 Å². The van der Waals surface area contributed by atoms with Crippen LogP contribution in [0.5, 0.6) is 0 Å². The molecule has 19 heavy (non-hydrogen) atoms. The van der Waals surface area contributed by atoms with Gasteiger partial charge in [0.25, 0.3) is 5.91 Å². The van der Waals surface area contributed by atoms with Crippen LogP contribution >= 0.6 is 15.9 Å². The average molecular weight is 326 g/mol. The lowest BCUT2D eigenvalue weighted by atomic mass is 9.98. The van der Waals surface area contributed by atoms with Gasteiger partial charge in [-0.15, -0.1) is 0 Å². The number of nitrogens with zero attached hydrogens (tertiary/aromatic N) is 1. The highest BCUT2D eigenvalue weighted by atomic mass is 79.9. The van der Waals surface area contributed by atoms with E-state index in [9.17, 15) is 4.79 Å². The minimum Gasteiger partial charge on any atom is -0.398 e. The normalized spacial score (nSPS) is 20.2. The van der Waals surface area contributed by atoms with Crippen LogP contribution in [0.25, 0.3) is 0 Å². The predicted molar refractivity (Wildman–Crippen MR) is 81.1 cm³/mol. The minimum atomic E-state index is -0.0626. The van der Waals surface area contributed by atoms with Crippen molar-refractivity contribution < 1.29 is 4.79 Å². The fourth-order valence-corrected chi connectivity index (χ4v) is 2.94. The topological polar surface area (TPSA) is 58.4 Å². The lowest BCUT2D eigenvalue weighted by molar-refractivity contribution is 0.0936. The van der Waals surface area contributed by atoms with Crippen LogP contribution in [0.15, 0.2) is 22.7 Å². The second-order valence-electron chi connectivity index (χ2n) is 5.19. The van der Waals surface area contributed by atoms with Crippen molar-refractivity contribution >= 4 is 27.5 Å². The molecule has 0 aliphatic carbocycles. The van der Waals surface area contributed by atoms with Gasteiger partial charge in [-0.05, 0) is 60.4 Å². The molecule has 5 heteroatoms. The van der Waals surface area contributed by atoms with Crippen molar-refractivity contribution in [1.29, 1.82) is 0 Å². The molecule has 1 aromatic carbocycles. The summed E-state index contributed by atoms with van der Waals surface area (Å²) < 4.78 is 0.674. The van der Waals surface area contributed by atoms with Crippen molar-refractivity contribution in [2.24, 2.45) is 5.92 Å². The molecule has 1 amide bonds. The molecule has 1 heterocycles. The number of carbonyl (C=O) groups is 1. The summed E-state index contributed by atoms with van der Waals surface area (Å²) in [6.07, 6.45) is 2.39. The number of hydrogen-bond acceptors (Lipinski definition) is 3. The number of rotatable bonds is 3. The molecule has 1 aliphatic rings. The summed E-state index contributed by atoms with van der Waals surface area (Å²) in [7, 11) is 2.13. The van der Waals surface area contributed by atoms with Crippen LogP contribution in [-0.4, -0.2) is 37.5 Å². The van der Waals surface area contributed by atoms with Crippen LogP contribution in [0.2, 0.25) is 0 Å². The van der Waals surface area contributed by atoms with Crippen LogP contribution in [0.3, 0.4) is 0 Å². The van der Waals surface area contributed by atoms with E-state index in [2.05, 4.69) is 33.2 Å². The Morgan fingerprint density at radius 1 is 1.58 bits per heavy atom. The number of nitrogen functional groups attached to an aromatic ring is 1. The monoisotopic (exact) mass is 325 g/mol. The Morgan fingerprint density at radius 3 is 3.11 bits per heavy atom. The van der Waals surface area contributed by atoms with E-state index in [-0.39, 0.29) is 5.91 Å². The maximum absolute atomic E-state index is 12.1. The van der Waals surface area contributed by atoms with Crippen molar-refractivity contribution in [3.63, 3.8) is 0 Å². The molecule has 0 aromatic heterocycles. The fourth-order valence-electron chi connectivity index (χ4n) is 2.50. The first-order valence-corrected chi connectivity index (χ1v) is 7.38. The largest absolute Gasteiger partial charge is 0.398 e. The third-order valence-corrected chi connectivity index (χ3v) is 4.43. The first-order valence-electron chi connectivity index (χ1n) is 6.58. The molecule has 1 unspecified atom stereocenters. The zero-order valence-corrected chi connectivity index (χ0v) is 12.7. The summed E-state index contributed by atoms with van der Waals surface area (Å²) in [4.78, 5) is 14.4. The second kappa shape index (κ2) is 6.39. The molecule has 2 rings (SSSR count). The molecular formula is C14H20BrN3O. The van der Waals surface area contributed by atoms with Crippen LogP contribution < -0.4 is 11.1 Å². The van der Waals surface area contributed by atoms with Crippen LogP contribution in [0.4, 0.5) is 5.69 Å². The highest BCUT2D eigenvalue weighted by molar-refractivity contribution is 9.10. The van der Waals surface area contributed by atoms with Crippen LogP contribution in [0, 0.1) is 5.92 Å². The van der Waals surface area contributed by atoms with Gasteiger partial charge >= 0.3 is 0 Å². The number of nitrogens with two attached hydrogens (primary N) is 1. The average Bonchev–Trinajstić information content (AvgIpc) is 2.39. The first kappa shape index (κ1) is 14.3. The van der Waals surface area contributed by atoms with Gasteiger partial charge in [-0.2, -0.15) is 0 Å². The molecular weight excluding hydrogens is 306 g/mol. The third-order valence-electron chi connectivity index (χ3n) is 3.55. The SMILES string of the molecule is CN1CCCC(CNC(=O)c2cccc(N)c2Br)C1. The van der Waals surface area contributed by atoms with Gasteiger partial charge < -0.3 is 16.0 Å². The highest BCUT2D eigenvalue weighted by Gasteiger charge is 2.18. The van der Waals surface area contributed by atoms with E-state index in [0.29, 0.717) is 21.6 Å². The van der Waals surface area contributed by atoms with Gasteiger partial charge in [0.1, 0.15) is 0 Å². The molecule has 0 saturated carbocycles. The van der Waals surface area contributed by atoms with Gasteiger partial charge in [-0.1, -0.05) is 6.07 Å². The third kappa shape index (κ3) is 3.70. The number of benzene rings is 1. The molecule has 4 nitrogen and oxygen atoms in total. The van der Waals surface area contributed by atoms with Crippen LogP contribution in [-0.2, 0) is 0 Å². The second-order valence-corrected chi connectivity index (χ2v) is 5.98. The van der Waals surface area contributed by atoms with Gasteiger partial charge in [-0.25, -0.2) is 0 Å². The number of halogens is 1. The highest BCUT2D eigenvalue weighted by Crippen LogP contribution is 2.23. The summed E-state index contributed by atoms with van der Waals surface area (Å²) >= 11 is 3.36. The lowest BCUT2D eigenvalue weighted by Crippen LogP contribution is -2.39. The van der Waals surface area contributed by atoms with Crippen molar-refractivity contribution in [1.82, 2.24) is 10.2 Å². The number of likely N-dealkylation sites (tertiary alicyclic amines) is 1. The summed E-state index contributed by atoms with van der Waals surface area (Å²) in [5.74, 6) is 0.481. The Labute approximate surface area is 122 Å². The molecule has 104 valence electrons. The number of hydrogen-bond donors (Lipinski definition) is 2. The number of piperidine rings is 1. The minimum absolute atomic E-state index is 0.0626. The Balaban J connectivity index is 1.92. The smallest absolute Gasteiger partial charge is 0.252 e. The maximum Gasteiger partial charge on any atom is 0.252 e. The molecule has 1 aromatic rings. The first-order chi connectivity index (χ1) is 9.08. The fraction of sp³-hybridized carbons (Fsp3) is 0.500. The van der Waals surface area contributed by atoms with E-state index in [1.807, 2.05) is 0 Å². The summed E-state index contributed by atoms with van der Waals surface area (Å²) in [6.45, 7) is 2.94. The maximum atomic E-state index is 12.1. The Hall–Kier alpha value is -1.07. The van der Waals surface area contributed by atoms with Gasteiger partial charge in [0, 0.05) is 18.8 Å². The summed E-state index contributed by atoms with van der Waals surface area (Å²) in [5.41, 5.74) is 6.97. The number of anilines is 1. The van der Waals surface area contributed by atoms with E-state index in [4.69, 9.17) is 5.73 Å². The molecule has 1 saturated heterocycles. The van der Waals surface area contributed by atoms with E-state index >= 15 is 0 Å². The van der Waals surface area contributed by atoms with E-state index in [1.54, 1.807) is 18.2 Å². The quantitative estimate of drug-likeness (QED) is 0.837. The number of nitrogens with one attached hydrogen (secondary N) is 1. The van der Waals surface area contributed by atoms with Crippen molar-refractivity contribution in [2.45, 2.75) is 12.8 Å². The molecule has 1 fully saturated rings. The van der Waals surface area contributed by atoms with Gasteiger partial charge in [0.2, 0.25) is 0 Å². The van der Waals surface area contributed by atoms with Gasteiger partial charge in [-0.3, -0.25) is 4.79 Å². The summed E-state index contributed by atoms with van der Waals surface area (Å²) in [6, 6.07) is 5.35. The zero-order chi connectivity index (χ0) is 13.8. The predicted octanol–water partition coefficient (Wildman–Crippen LogP) is 2.10. The van der Waals surface area contributed by atoms with Gasteiger partial charge in [0.05, 0.1) is 10.0 Å². The molecule has 3 N–H and O–H groups in total. The molecule has 0 bridgehead atoms. The van der Waals surface area contributed by atoms with Crippen molar-refractivity contribution in [3.8, 4) is 0 Å². The molecule has 0 spiro atoms. The number of carbonyl (C=O) groups excluding carboxylic acids is 1. The van der Waals surface area contributed by atoms with Gasteiger partial charge in [0.15, 0.2) is 0 Å². The van der Waals surface area contributed by atoms with E-state index in [0.717, 1.165) is 19.6 Å². The number of amides is 1. The van der Waals surface area contributed by atoms with Crippen molar-refractivity contribution in [2.75, 3.05) is 32.4 Å². The molecule has 0 radical (unpaired) electrons. The van der Waals surface area contributed by atoms with E-state index < -0.39 is 0 Å². The Kier molecular flexibility index (Phi) is 4.82. The van der Waals surface area contributed by atoms with Crippen LogP contribution in [0.1, 0.15) is 23.2 Å². The standard InChI is InChI=1S/C14H20BrN3O/c1-18-7-3-4-10(9-18)8-17-14(19)11-5-2-6-12(16)13(11)15/h2,5-6,10H,3-4,7-9,16H2,1H3,(H,17,19). The Bertz CT molecular complexity index is 464. The molecule has 1 aliphatic heterocycles.